The van der Waals surface area contributed by atoms with Crippen molar-refractivity contribution in [2.75, 3.05) is 0 Å². The molecule has 0 aromatic carbocycles. The summed E-state index contributed by atoms with van der Waals surface area (Å²) in [5, 5.41) is 11.7. The second-order valence-electron chi connectivity index (χ2n) is 3.45. The lowest BCUT2D eigenvalue weighted by Gasteiger charge is -1.90. The summed E-state index contributed by atoms with van der Waals surface area (Å²) in [6, 6.07) is 0. The van der Waals surface area contributed by atoms with Gasteiger partial charge in [-0.15, -0.1) is 21.5 Å². The summed E-state index contributed by atoms with van der Waals surface area (Å²) in [5.74, 6) is 1.62. The fraction of sp³-hybridized carbons (Fsp3) is 0.444. The standard InChI is InChI=1S/C9H9N3S3/c1-2-6(1)8-11-12-9(15-8)14-4-7-3-13-5-10-7/h3,5-6H,1-2,4H2. The first kappa shape index (κ1) is 9.74. The fourth-order valence-electron chi connectivity index (χ4n) is 1.22. The molecule has 78 valence electrons. The topological polar surface area (TPSA) is 38.7 Å². The molecule has 0 radical (unpaired) electrons. The molecule has 1 aliphatic rings. The second kappa shape index (κ2) is 4.19. The first-order valence-corrected chi connectivity index (χ1v) is 7.49. The third-order valence-corrected chi connectivity index (χ3v) is 5.06. The van der Waals surface area contributed by atoms with Gasteiger partial charge in [0.1, 0.15) is 5.01 Å². The third-order valence-electron chi connectivity index (χ3n) is 2.18. The molecule has 0 unspecified atom stereocenters. The highest BCUT2D eigenvalue weighted by atomic mass is 32.2. The highest BCUT2D eigenvalue weighted by Crippen LogP contribution is 2.42. The molecule has 6 heteroatoms. The van der Waals surface area contributed by atoms with Crippen molar-refractivity contribution in [3.05, 3.63) is 21.6 Å². The molecular formula is C9H9N3S3. The molecule has 0 atom stereocenters. The predicted molar refractivity (Wildman–Crippen MR) is 63.6 cm³/mol. The van der Waals surface area contributed by atoms with Gasteiger partial charge in [-0.05, 0) is 12.8 Å². The highest BCUT2D eigenvalue weighted by Gasteiger charge is 2.27. The van der Waals surface area contributed by atoms with Gasteiger partial charge < -0.3 is 0 Å². The molecule has 0 amide bonds. The summed E-state index contributed by atoms with van der Waals surface area (Å²) in [4.78, 5) is 4.24. The molecule has 1 saturated carbocycles. The van der Waals surface area contributed by atoms with Crippen LogP contribution >= 0.6 is 34.4 Å². The largest absolute Gasteiger partial charge is 0.249 e. The van der Waals surface area contributed by atoms with Crippen LogP contribution in [-0.4, -0.2) is 15.2 Å². The number of rotatable bonds is 4. The van der Waals surface area contributed by atoms with E-state index in [4.69, 9.17) is 0 Å². The maximum Gasteiger partial charge on any atom is 0.174 e. The van der Waals surface area contributed by atoms with Gasteiger partial charge in [-0.3, -0.25) is 0 Å². The van der Waals surface area contributed by atoms with Crippen molar-refractivity contribution >= 4 is 34.4 Å². The van der Waals surface area contributed by atoms with Crippen LogP contribution in [-0.2, 0) is 5.75 Å². The summed E-state index contributed by atoms with van der Waals surface area (Å²) < 4.78 is 1.07. The maximum absolute atomic E-state index is 4.24. The summed E-state index contributed by atoms with van der Waals surface area (Å²) >= 11 is 5.11. The van der Waals surface area contributed by atoms with Crippen molar-refractivity contribution in [2.24, 2.45) is 0 Å². The van der Waals surface area contributed by atoms with Crippen LogP contribution in [0.4, 0.5) is 0 Å². The molecule has 2 aromatic heterocycles. The van der Waals surface area contributed by atoms with Crippen molar-refractivity contribution in [3.8, 4) is 0 Å². The first-order chi connectivity index (χ1) is 7.42. The molecule has 3 nitrogen and oxygen atoms in total. The Kier molecular flexibility index (Phi) is 2.72. The Bertz CT molecular complexity index is 433. The molecule has 0 aliphatic heterocycles. The van der Waals surface area contributed by atoms with Gasteiger partial charge in [0.15, 0.2) is 4.34 Å². The Balaban J connectivity index is 1.61. The minimum Gasteiger partial charge on any atom is -0.249 e. The first-order valence-electron chi connectivity index (χ1n) is 4.75. The molecule has 15 heavy (non-hydrogen) atoms. The zero-order valence-corrected chi connectivity index (χ0v) is 10.4. The van der Waals surface area contributed by atoms with E-state index in [1.54, 1.807) is 34.4 Å². The van der Waals surface area contributed by atoms with Crippen LogP contribution in [0.1, 0.15) is 29.5 Å². The number of aromatic nitrogens is 3. The number of hydrogen-bond acceptors (Lipinski definition) is 6. The van der Waals surface area contributed by atoms with Gasteiger partial charge in [0.2, 0.25) is 0 Å². The highest BCUT2D eigenvalue weighted by molar-refractivity contribution is 8.00. The summed E-state index contributed by atoms with van der Waals surface area (Å²) in [6.07, 6.45) is 2.59. The molecule has 0 spiro atoms. The third kappa shape index (κ3) is 2.38. The number of thioether (sulfide) groups is 1. The van der Waals surface area contributed by atoms with Crippen LogP contribution in [0.5, 0.6) is 0 Å². The van der Waals surface area contributed by atoms with Crippen LogP contribution in [0, 0.1) is 0 Å². The predicted octanol–water partition coefficient (Wildman–Crippen LogP) is 3.16. The Labute approximate surface area is 100.0 Å². The lowest BCUT2D eigenvalue weighted by molar-refractivity contribution is 0.937. The van der Waals surface area contributed by atoms with Gasteiger partial charge in [0.25, 0.3) is 0 Å². The van der Waals surface area contributed by atoms with Crippen molar-refractivity contribution in [3.63, 3.8) is 0 Å². The van der Waals surface area contributed by atoms with Gasteiger partial charge in [-0.2, -0.15) is 0 Å². The average Bonchev–Trinajstić information content (AvgIpc) is 2.82. The van der Waals surface area contributed by atoms with E-state index in [9.17, 15) is 0 Å². The van der Waals surface area contributed by atoms with Crippen LogP contribution < -0.4 is 0 Å². The lowest BCUT2D eigenvalue weighted by Crippen LogP contribution is -1.78. The van der Waals surface area contributed by atoms with Crippen molar-refractivity contribution in [1.82, 2.24) is 15.2 Å². The summed E-state index contributed by atoms with van der Waals surface area (Å²) in [5.41, 5.74) is 3.00. The summed E-state index contributed by atoms with van der Waals surface area (Å²) in [7, 11) is 0. The van der Waals surface area contributed by atoms with Crippen molar-refractivity contribution < 1.29 is 0 Å². The molecule has 2 heterocycles. The molecule has 0 bridgehead atoms. The van der Waals surface area contributed by atoms with Crippen LogP contribution in [0.2, 0.25) is 0 Å². The Morgan fingerprint density at radius 3 is 3.07 bits per heavy atom. The minimum atomic E-state index is 0.719. The normalized spacial score (nSPS) is 15.7. The van der Waals surface area contributed by atoms with E-state index in [0.29, 0.717) is 0 Å². The molecule has 0 saturated heterocycles. The monoisotopic (exact) mass is 255 g/mol. The quantitative estimate of drug-likeness (QED) is 0.787. The van der Waals surface area contributed by atoms with Gasteiger partial charge in [-0.25, -0.2) is 4.98 Å². The number of hydrogen-bond donors (Lipinski definition) is 0. The van der Waals surface area contributed by atoms with E-state index in [0.717, 1.165) is 21.7 Å². The van der Waals surface area contributed by atoms with E-state index in [1.165, 1.54) is 17.8 Å². The summed E-state index contributed by atoms with van der Waals surface area (Å²) in [6.45, 7) is 0. The maximum atomic E-state index is 4.24. The molecule has 2 aromatic rings. The van der Waals surface area contributed by atoms with Crippen LogP contribution in [0.25, 0.3) is 0 Å². The smallest absolute Gasteiger partial charge is 0.174 e. The lowest BCUT2D eigenvalue weighted by atomic mass is 10.5. The van der Waals surface area contributed by atoms with Gasteiger partial charge in [0, 0.05) is 17.1 Å². The molecule has 1 fully saturated rings. The molecule has 3 rings (SSSR count). The number of thiazole rings is 1. The van der Waals surface area contributed by atoms with E-state index >= 15 is 0 Å². The van der Waals surface area contributed by atoms with E-state index in [-0.39, 0.29) is 0 Å². The van der Waals surface area contributed by atoms with Crippen LogP contribution in [0.3, 0.4) is 0 Å². The van der Waals surface area contributed by atoms with E-state index in [1.807, 2.05) is 5.51 Å². The van der Waals surface area contributed by atoms with Gasteiger partial charge in [0.05, 0.1) is 11.2 Å². The minimum absolute atomic E-state index is 0.719. The SMILES string of the molecule is c1nc(CSc2nnc(C3CC3)s2)cs1. The molecule has 0 N–H and O–H groups in total. The molecular weight excluding hydrogens is 246 g/mol. The number of nitrogens with zero attached hydrogens (tertiary/aromatic N) is 3. The Morgan fingerprint density at radius 1 is 1.40 bits per heavy atom. The van der Waals surface area contributed by atoms with Crippen molar-refractivity contribution in [2.45, 2.75) is 28.9 Å². The van der Waals surface area contributed by atoms with Gasteiger partial charge in [-0.1, -0.05) is 23.1 Å². The fourth-order valence-corrected chi connectivity index (χ4v) is 3.82. The zero-order chi connectivity index (χ0) is 10.1. The van der Waals surface area contributed by atoms with Gasteiger partial charge >= 0.3 is 0 Å². The molecule has 1 aliphatic carbocycles. The zero-order valence-electron chi connectivity index (χ0n) is 7.92. The van der Waals surface area contributed by atoms with E-state index < -0.39 is 0 Å². The van der Waals surface area contributed by atoms with Crippen LogP contribution in [0.15, 0.2) is 15.2 Å². The Hall–Kier alpha value is -0.460. The Morgan fingerprint density at radius 2 is 2.33 bits per heavy atom. The van der Waals surface area contributed by atoms with E-state index in [2.05, 4.69) is 20.6 Å². The average molecular weight is 255 g/mol. The van der Waals surface area contributed by atoms with Crippen molar-refractivity contribution in [1.29, 1.82) is 0 Å². The second-order valence-corrected chi connectivity index (χ2v) is 6.40.